The van der Waals surface area contributed by atoms with Crippen LogP contribution in [0, 0.1) is 5.41 Å². The van der Waals surface area contributed by atoms with Crippen molar-refractivity contribution in [1.29, 1.82) is 0 Å². The first kappa shape index (κ1) is 10.6. The van der Waals surface area contributed by atoms with Gasteiger partial charge in [0.15, 0.2) is 6.29 Å². The van der Waals surface area contributed by atoms with Crippen molar-refractivity contribution in [2.75, 3.05) is 6.61 Å². The highest BCUT2D eigenvalue weighted by Crippen LogP contribution is 2.65. The predicted molar refractivity (Wildman–Crippen MR) is 42.8 cm³/mol. The molecule has 1 rings (SSSR count). The van der Waals surface area contributed by atoms with Gasteiger partial charge in [-0.2, -0.15) is 0 Å². The van der Waals surface area contributed by atoms with Gasteiger partial charge in [-0.1, -0.05) is 13.8 Å². The largest absolute Gasteiger partial charge is 0.393 e. The molecule has 1 aliphatic rings. The maximum absolute atomic E-state index is 10.3. The standard InChI is InChI=1S/C8H14O5/c1-6(2)7(12,4-10)8(6,13)5(11)3-9/h3,5,10-13H,4H2,1-2H3/t5-,7+,8-/m1/s1. The molecule has 3 atom stereocenters. The Bertz CT molecular complexity index is 239. The van der Waals surface area contributed by atoms with Crippen LogP contribution in [0.15, 0.2) is 0 Å². The summed E-state index contributed by atoms with van der Waals surface area (Å²) in [6.45, 7) is 2.24. The van der Waals surface area contributed by atoms with Gasteiger partial charge in [-0.05, 0) is 0 Å². The third-order valence-corrected chi connectivity index (χ3v) is 3.34. The number of aliphatic hydroxyl groups excluding tert-OH is 2. The molecule has 76 valence electrons. The van der Waals surface area contributed by atoms with Crippen LogP contribution in [0.2, 0.25) is 0 Å². The number of aldehydes is 1. The molecule has 0 heterocycles. The van der Waals surface area contributed by atoms with E-state index in [-0.39, 0.29) is 6.29 Å². The lowest BCUT2D eigenvalue weighted by Gasteiger charge is -2.16. The molecule has 0 amide bonds. The van der Waals surface area contributed by atoms with E-state index in [0.29, 0.717) is 0 Å². The number of hydrogen-bond donors (Lipinski definition) is 4. The van der Waals surface area contributed by atoms with E-state index in [1.54, 1.807) is 0 Å². The fourth-order valence-electron chi connectivity index (χ4n) is 1.98. The van der Waals surface area contributed by atoms with Crippen molar-refractivity contribution in [3.05, 3.63) is 0 Å². The molecule has 1 saturated carbocycles. The monoisotopic (exact) mass is 190 g/mol. The number of aliphatic hydroxyl groups is 4. The van der Waals surface area contributed by atoms with Gasteiger partial charge in [0, 0.05) is 5.41 Å². The van der Waals surface area contributed by atoms with Crippen LogP contribution in [0.4, 0.5) is 0 Å². The first-order chi connectivity index (χ1) is 5.79. The van der Waals surface area contributed by atoms with Gasteiger partial charge in [0.05, 0.1) is 6.61 Å². The zero-order valence-electron chi connectivity index (χ0n) is 7.56. The Kier molecular flexibility index (Phi) is 2.04. The minimum atomic E-state index is -1.95. The molecule has 0 saturated heterocycles. The van der Waals surface area contributed by atoms with Gasteiger partial charge >= 0.3 is 0 Å². The summed E-state index contributed by atoms with van der Waals surface area (Å²) >= 11 is 0. The van der Waals surface area contributed by atoms with E-state index in [0.717, 1.165) is 0 Å². The molecular formula is C8H14O5. The normalized spacial score (nSPS) is 44.2. The van der Waals surface area contributed by atoms with E-state index < -0.39 is 29.3 Å². The number of rotatable bonds is 3. The molecule has 1 fully saturated rings. The maximum Gasteiger partial charge on any atom is 0.151 e. The Labute approximate surface area is 75.6 Å². The Morgan fingerprint density at radius 2 is 1.85 bits per heavy atom. The van der Waals surface area contributed by atoms with E-state index in [1.807, 2.05) is 0 Å². The lowest BCUT2D eigenvalue weighted by molar-refractivity contribution is -0.129. The van der Waals surface area contributed by atoms with Crippen molar-refractivity contribution in [3.8, 4) is 0 Å². The molecule has 0 aromatic carbocycles. The van der Waals surface area contributed by atoms with E-state index in [4.69, 9.17) is 5.11 Å². The smallest absolute Gasteiger partial charge is 0.151 e. The average Bonchev–Trinajstić information content (AvgIpc) is 2.46. The summed E-state index contributed by atoms with van der Waals surface area (Å²) in [6, 6.07) is 0. The topological polar surface area (TPSA) is 98.0 Å². The highest BCUT2D eigenvalue weighted by molar-refractivity contribution is 5.63. The number of carbonyl (C=O) groups excluding carboxylic acids is 1. The van der Waals surface area contributed by atoms with Crippen molar-refractivity contribution in [2.24, 2.45) is 5.41 Å². The summed E-state index contributed by atoms with van der Waals surface area (Å²) < 4.78 is 0. The maximum atomic E-state index is 10.3. The molecule has 0 spiro atoms. The van der Waals surface area contributed by atoms with Crippen molar-refractivity contribution in [2.45, 2.75) is 31.2 Å². The van der Waals surface area contributed by atoms with Gasteiger partial charge in [-0.15, -0.1) is 0 Å². The summed E-state index contributed by atoms with van der Waals surface area (Å²) in [6.07, 6.45) is -1.53. The Balaban J connectivity index is 3.03. The summed E-state index contributed by atoms with van der Waals surface area (Å²) in [5.41, 5.74) is -4.84. The quantitative estimate of drug-likeness (QED) is 0.387. The summed E-state index contributed by atoms with van der Waals surface area (Å²) in [7, 11) is 0. The van der Waals surface area contributed by atoms with Crippen LogP contribution in [0.5, 0.6) is 0 Å². The minimum absolute atomic E-state index is 0.148. The molecule has 0 bridgehead atoms. The van der Waals surface area contributed by atoms with Gasteiger partial charge in [0.25, 0.3) is 0 Å². The third-order valence-electron chi connectivity index (χ3n) is 3.34. The van der Waals surface area contributed by atoms with Crippen LogP contribution in [0.25, 0.3) is 0 Å². The van der Waals surface area contributed by atoms with Crippen molar-refractivity contribution in [3.63, 3.8) is 0 Å². The van der Waals surface area contributed by atoms with Gasteiger partial charge in [-0.25, -0.2) is 0 Å². The lowest BCUT2D eigenvalue weighted by atomic mass is 10.0. The van der Waals surface area contributed by atoms with Crippen LogP contribution in [0.3, 0.4) is 0 Å². The molecule has 0 radical (unpaired) electrons. The zero-order valence-corrected chi connectivity index (χ0v) is 7.56. The van der Waals surface area contributed by atoms with Gasteiger partial charge in [0.1, 0.15) is 17.3 Å². The molecule has 1 aliphatic carbocycles. The van der Waals surface area contributed by atoms with Crippen molar-refractivity contribution in [1.82, 2.24) is 0 Å². The lowest BCUT2D eigenvalue weighted by Crippen LogP contribution is -2.40. The third kappa shape index (κ3) is 0.826. The van der Waals surface area contributed by atoms with Crippen LogP contribution < -0.4 is 0 Å². The van der Waals surface area contributed by atoms with Crippen LogP contribution >= 0.6 is 0 Å². The highest BCUT2D eigenvalue weighted by atomic mass is 16.4. The van der Waals surface area contributed by atoms with Crippen molar-refractivity contribution >= 4 is 6.29 Å². The zero-order chi connectivity index (χ0) is 10.5. The first-order valence-corrected chi connectivity index (χ1v) is 3.98. The molecule has 0 aromatic heterocycles. The molecule has 5 heteroatoms. The van der Waals surface area contributed by atoms with E-state index in [9.17, 15) is 20.1 Å². The summed E-state index contributed by atoms with van der Waals surface area (Å²) in [5, 5.41) is 37.4. The summed E-state index contributed by atoms with van der Waals surface area (Å²) in [4.78, 5) is 10.3. The van der Waals surface area contributed by atoms with Crippen LogP contribution in [-0.4, -0.2) is 50.6 Å². The Morgan fingerprint density at radius 1 is 1.38 bits per heavy atom. The van der Waals surface area contributed by atoms with E-state index >= 15 is 0 Å². The highest BCUT2D eigenvalue weighted by Gasteiger charge is 2.85. The minimum Gasteiger partial charge on any atom is -0.393 e. The number of hydrogen-bond acceptors (Lipinski definition) is 5. The first-order valence-electron chi connectivity index (χ1n) is 3.98. The van der Waals surface area contributed by atoms with E-state index in [2.05, 4.69) is 0 Å². The SMILES string of the molecule is CC1(C)[C@](O)([C@H](O)C=O)[C@]1(O)CO. The van der Waals surface area contributed by atoms with Crippen LogP contribution in [0.1, 0.15) is 13.8 Å². The Hall–Kier alpha value is -0.490. The fourth-order valence-corrected chi connectivity index (χ4v) is 1.98. The molecule has 4 N–H and O–H groups in total. The molecule has 13 heavy (non-hydrogen) atoms. The van der Waals surface area contributed by atoms with Gasteiger partial charge < -0.3 is 25.2 Å². The second-order valence-electron chi connectivity index (χ2n) is 3.99. The summed E-state index contributed by atoms with van der Waals surface area (Å²) in [5.74, 6) is 0. The molecule has 5 nitrogen and oxygen atoms in total. The average molecular weight is 190 g/mol. The second kappa shape index (κ2) is 2.51. The molecule has 0 aromatic rings. The van der Waals surface area contributed by atoms with E-state index in [1.165, 1.54) is 13.8 Å². The predicted octanol–water partition coefficient (Wildman–Crippen LogP) is -1.96. The molecule has 0 aliphatic heterocycles. The van der Waals surface area contributed by atoms with Crippen molar-refractivity contribution < 1.29 is 25.2 Å². The number of carbonyl (C=O) groups is 1. The van der Waals surface area contributed by atoms with Crippen LogP contribution in [-0.2, 0) is 4.79 Å². The Morgan fingerprint density at radius 3 is 2.08 bits per heavy atom. The molecule has 0 unspecified atom stereocenters. The molecular weight excluding hydrogens is 176 g/mol. The van der Waals surface area contributed by atoms with Gasteiger partial charge in [-0.3, -0.25) is 0 Å². The fraction of sp³-hybridized carbons (Fsp3) is 0.875. The van der Waals surface area contributed by atoms with Gasteiger partial charge in [0.2, 0.25) is 0 Å². The second-order valence-corrected chi connectivity index (χ2v) is 3.99.